The molecule has 0 fully saturated rings. The van der Waals surface area contributed by atoms with Crippen molar-refractivity contribution in [2.75, 3.05) is 0 Å². The molecule has 7 heteroatoms. The molecule has 1 aromatic heterocycles. The monoisotopic (exact) mass is 427 g/mol. The molecule has 1 heterocycles. The fourth-order valence-electron chi connectivity index (χ4n) is 2.41. The number of fused-ring (bicyclic) bond motifs is 1. The number of hydrogen-bond acceptors (Lipinski definition) is 3. The van der Waals surface area contributed by atoms with Gasteiger partial charge in [0.25, 0.3) is 5.56 Å². The summed E-state index contributed by atoms with van der Waals surface area (Å²) in [6.07, 6.45) is 0. The molecule has 0 radical (unpaired) electrons. The van der Waals surface area contributed by atoms with E-state index in [-0.39, 0.29) is 11.5 Å². The van der Waals surface area contributed by atoms with E-state index in [1.165, 1.54) is 0 Å². The molecule has 3 aromatic rings. The lowest BCUT2D eigenvalue weighted by Crippen LogP contribution is -2.27. The van der Waals surface area contributed by atoms with Crippen molar-refractivity contribution in [1.29, 1.82) is 0 Å². The van der Waals surface area contributed by atoms with Crippen molar-refractivity contribution in [2.24, 2.45) is 5.73 Å². The summed E-state index contributed by atoms with van der Waals surface area (Å²) in [6.45, 7) is 1.66. The smallest absolute Gasteiger partial charge is 0.266 e. The zero-order valence-corrected chi connectivity index (χ0v) is 14.2. The van der Waals surface area contributed by atoms with Crippen molar-refractivity contribution in [3.63, 3.8) is 0 Å². The number of hydrogen-bond donors (Lipinski definition) is 1. The van der Waals surface area contributed by atoms with Crippen LogP contribution < -0.4 is 11.3 Å². The average Bonchev–Trinajstić information content (AvgIpc) is 2.46. The summed E-state index contributed by atoms with van der Waals surface area (Å²) in [4.78, 5) is 17.3. The van der Waals surface area contributed by atoms with Gasteiger partial charge in [-0.05, 0) is 53.8 Å². The Balaban J connectivity index is 2.46. The van der Waals surface area contributed by atoms with Crippen LogP contribution in [0.15, 0.2) is 41.2 Å². The Kier molecular flexibility index (Phi) is 4.15. The SMILES string of the molecule is CC(N)c1nc2c(I)cccc2c(=O)n1-c1cc(F)cc(F)c1. The first-order chi connectivity index (χ1) is 10.9. The lowest BCUT2D eigenvalue weighted by molar-refractivity contribution is 0.579. The molecular weight excluding hydrogens is 415 g/mol. The third kappa shape index (κ3) is 2.86. The van der Waals surface area contributed by atoms with Crippen LogP contribution in [0.5, 0.6) is 0 Å². The maximum Gasteiger partial charge on any atom is 0.266 e. The summed E-state index contributed by atoms with van der Waals surface area (Å²) >= 11 is 2.08. The maximum absolute atomic E-state index is 13.5. The highest BCUT2D eigenvalue weighted by Crippen LogP contribution is 2.21. The van der Waals surface area contributed by atoms with E-state index < -0.39 is 23.2 Å². The van der Waals surface area contributed by atoms with E-state index in [0.29, 0.717) is 10.9 Å². The Bertz CT molecular complexity index is 949. The minimum Gasteiger partial charge on any atom is -0.322 e. The number of rotatable bonds is 2. The first kappa shape index (κ1) is 16.0. The number of nitrogens with two attached hydrogens (primary N) is 1. The van der Waals surface area contributed by atoms with Crippen LogP contribution in [0.2, 0.25) is 0 Å². The first-order valence-corrected chi connectivity index (χ1v) is 7.89. The van der Waals surface area contributed by atoms with Gasteiger partial charge in [-0.1, -0.05) is 6.07 Å². The molecule has 0 saturated heterocycles. The average molecular weight is 427 g/mol. The van der Waals surface area contributed by atoms with Crippen LogP contribution in [0, 0.1) is 15.2 Å². The van der Waals surface area contributed by atoms with E-state index in [0.717, 1.165) is 26.3 Å². The highest BCUT2D eigenvalue weighted by Gasteiger charge is 2.17. The van der Waals surface area contributed by atoms with Crippen molar-refractivity contribution < 1.29 is 8.78 Å². The largest absolute Gasteiger partial charge is 0.322 e. The molecular formula is C16H12F2IN3O. The normalized spacial score (nSPS) is 12.6. The van der Waals surface area contributed by atoms with Crippen molar-refractivity contribution in [3.8, 4) is 5.69 Å². The summed E-state index contributed by atoms with van der Waals surface area (Å²) in [5, 5.41) is 0.367. The second kappa shape index (κ2) is 5.97. The Labute approximate surface area is 144 Å². The van der Waals surface area contributed by atoms with Gasteiger partial charge in [0.1, 0.15) is 17.5 Å². The molecule has 3 rings (SSSR count). The van der Waals surface area contributed by atoms with Crippen LogP contribution in [0.1, 0.15) is 18.8 Å². The van der Waals surface area contributed by atoms with Gasteiger partial charge in [-0.3, -0.25) is 9.36 Å². The van der Waals surface area contributed by atoms with Gasteiger partial charge in [0.05, 0.1) is 22.6 Å². The fraction of sp³-hybridized carbons (Fsp3) is 0.125. The molecule has 0 bridgehead atoms. The molecule has 0 saturated carbocycles. The minimum atomic E-state index is -0.773. The number of halogens is 3. The van der Waals surface area contributed by atoms with Crippen LogP contribution in [-0.4, -0.2) is 9.55 Å². The van der Waals surface area contributed by atoms with Crippen LogP contribution in [0.4, 0.5) is 8.78 Å². The summed E-state index contributed by atoms with van der Waals surface area (Å²) in [6, 6.07) is 7.51. The molecule has 4 nitrogen and oxygen atoms in total. The van der Waals surface area contributed by atoms with Crippen molar-refractivity contribution in [2.45, 2.75) is 13.0 Å². The van der Waals surface area contributed by atoms with Gasteiger partial charge in [0, 0.05) is 9.64 Å². The summed E-state index contributed by atoms with van der Waals surface area (Å²) < 4.78 is 29.1. The van der Waals surface area contributed by atoms with Crippen LogP contribution in [-0.2, 0) is 0 Å². The van der Waals surface area contributed by atoms with E-state index >= 15 is 0 Å². The summed E-state index contributed by atoms with van der Waals surface area (Å²) in [5.74, 6) is -1.30. The van der Waals surface area contributed by atoms with E-state index in [1.54, 1.807) is 19.1 Å². The summed E-state index contributed by atoms with van der Waals surface area (Å²) in [5.41, 5.74) is 6.10. The van der Waals surface area contributed by atoms with Gasteiger partial charge in [-0.25, -0.2) is 13.8 Å². The number of nitrogens with zero attached hydrogens (tertiary/aromatic N) is 2. The van der Waals surface area contributed by atoms with Gasteiger partial charge >= 0.3 is 0 Å². The lowest BCUT2D eigenvalue weighted by Gasteiger charge is -2.16. The van der Waals surface area contributed by atoms with Crippen molar-refractivity contribution in [3.05, 3.63) is 67.8 Å². The molecule has 0 aliphatic heterocycles. The van der Waals surface area contributed by atoms with E-state index in [2.05, 4.69) is 27.6 Å². The van der Waals surface area contributed by atoms with E-state index in [4.69, 9.17) is 5.73 Å². The number of benzene rings is 2. The molecule has 0 aliphatic carbocycles. The van der Waals surface area contributed by atoms with Gasteiger partial charge in [0.2, 0.25) is 0 Å². The van der Waals surface area contributed by atoms with Crippen LogP contribution in [0.3, 0.4) is 0 Å². The number of aromatic nitrogens is 2. The van der Waals surface area contributed by atoms with Crippen molar-refractivity contribution in [1.82, 2.24) is 9.55 Å². The Morgan fingerprint density at radius 3 is 2.48 bits per heavy atom. The van der Waals surface area contributed by atoms with Gasteiger partial charge < -0.3 is 5.73 Å². The molecule has 2 N–H and O–H groups in total. The third-order valence-corrected chi connectivity index (χ3v) is 4.26. The topological polar surface area (TPSA) is 60.9 Å². The van der Waals surface area contributed by atoms with Crippen LogP contribution in [0.25, 0.3) is 16.6 Å². The highest BCUT2D eigenvalue weighted by molar-refractivity contribution is 14.1. The zero-order chi connectivity index (χ0) is 16.7. The molecule has 0 amide bonds. The minimum absolute atomic E-state index is 0.0630. The molecule has 0 spiro atoms. The molecule has 0 aliphatic rings. The van der Waals surface area contributed by atoms with Gasteiger partial charge in [-0.15, -0.1) is 0 Å². The predicted octanol–water partition coefficient (Wildman–Crippen LogP) is 3.29. The maximum atomic E-state index is 13.5. The van der Waals surface area contributed by atoms with E-state index in [1.807, 2.05) is 6.07 Å². The van der Waals surface area contributed by atoms with Gasteiger partial charge in [-0.2, -0.15) is 0 Å². The quantitative estimate of drug-likeness (QED) is 0.639. The van der Waals surface area contributed by atoms with E-state index in [9.17, 15) is 13.6 Å². The predicted molar refractivity (Wildman–Crippen MR) is 92.6 cm³/mol. The molecule has 118 valence electrons. The van der Waals surface area contributed by atoms with Gasteiger partial charge in [0.15, 0.2) is 0 Å². The zero-order valence-electron chi connectivity index (χ0n) is 12.1. The Morgan fingerprint density at radius 2 is 1.87 bits per heavy atom. The molecule has 1 unspecified atom stereocenters. The molecule has 23 heavy (non-hydrogen) atoms. The number of para-hydroxylation sites is 1. The second-order valence-corrected chi connectivity index (χ2v) is 6.33. The highest BCUT2D eigenvalue weighted by atomic mass is 127. The molecule has 1 atom stereocenters. The van der Waals surface area contributed by atoms with Crippen LogP contribution >= 0.6 is 22.6 Å². The Morgan fingerprint density at radius 1 is 1.22 bits per heavy atom. The summed E-state index contributed by atoms with van der Waals surface area (Å²) in [7, 11) is 0. The third-order valence-electron chi connectivity index (χ3n) is 3.39. The standard InChI is InChI=1S/C16H12F2IN3O/c1-8(20)15-21-14-12(3-2-4-13(14)19)16(23)22(15)11-6-9(17)5-10(18)7-11/h2-8H,20H2,1H3. The first-order valence-electron chi connectivity index (χ1n) is 6.81. The molecule has 2 aromatic carbocycles. The Hall–Kier alpha value is -1.87. The van der Waals surface area contributed by atoms with Crippen molar-refractivity contribution >= 4 is 33.5 Å². The lowest BCUT2D eigenvalue weighted by atomic mass is 10.2. The second-order valence-electron chi connectivity index (χ2n) is 5.16. The fourth-order valence-corrected chi connectivity index (χ4v) is 3.03.